The van der Waals surface area contributed by atoms with Gasteiger partial charge in [-0.3, -0.25) is 10.1 Å². The summed E-state index contributed by atoms with van der Waals surface area (Å²) in [6.45, 7) is -0.0582. The Morgan fingerprint density at radius 2 is 2.16 bits per heavy atom. The van der Waals surface area contributed by atoms with Gasteiger partial charge < -0.3 is 19.3 Å². The fraction of sp³-hybridized carbons (Fsp3) is 0.188. The van der Waals surface area contributed by atoms with Crippen LogP contribution < -0.4 is 4.74 Å². The number of nitrogens with zero attached hydrogens (tertiary/aromatic N) is 1. The van der Waals surface area contributed by atoms with Crippen LogP contribution in [0.1, 0.15) is 21.5 Å². The maximum absolute atomic E-state index is 12.2. The molecule has 0 aliphatic carbocycles. The monoisotopic (exact) mass is 409 g/mol. The Balaban J connectivity index is 1.85. The smallest absolute Gasteiger partial charge is 0.342 e. The minimum absolute atomic E-state index is 0.0121. The van der Waals surface area contributed by atoms with E-state index >= 15 is 0 Å². The summed E-state index contributed by atoms with van der Waals surface area (Å²) in [5.74, 6) is -0.576. The minimum Gasteiger partial charge on any atom is -0.507 e. The van der Waals surface area contributed by atoms with Crippen molar-refractivity contribution in [3.8, 4) is 11.5 Å². The number of phenols is 1. The van der Waals surface area contributed by atoms with Crippen molar-refractivity contribution in [2.45, 2.75) is 13.2 Å². The lowest BCUT2D eigenvalue weighted by molar-refractivity contribution is -0.385. The summed E-state index contributed by atoms with van der Waals surface area (Å²) < 4.78 is 16.3. The summed E-state index contributed by atoms with van der Waals surface area (Å²) in [4.78, 5) is 22.7. The summed E-state index contributed by atoms with van der Waals surface area (Å²) in [7, 11) is 0. The fourth-order valence-corrected chi connectivity index (χ4v) is 2.75. The van der Waals surface area contributed by atoms with Crippen LogP contribution >= 0.6 is 15.9 Å². The van der Waals surface area contributed by atoms with Gasteiger partial charge >= 0.3 is 5.97 Å². The average molecular weight is 410 g/mol. The van der Waals surface area contributed by atoms with Crippen molar-refractivity contribution in [2.75, 3.05) is 6.79 Å². The van der Waals surface area contributed by atoms with E-state index in [1.807, 2.05) is 0 Å². The van der Waals surface area contributed by atoms with Gasteiger partial charge in [-0.25, -0.2) is 4.79 Å². The largest absolute Gasteiger partial charge is 0.507 e. The Bertz CT molecular complexity index is 853. The Morgan fingerprint density at radius 3 is 2.92 bits per heavy atom. The highest BCUT2D eigenvalue weighted by Crippen LogP contribution is 2.33. The van der Waals surface area contributed by atoms with Gasteiger partial charge in [0.2, 0.25) is 0 Å². The van der Waals surface area contributed by atoms with E-state index in [1.165, 1.54) is 24.3 Å². The van der Waals surface area contributed by atoms with Crippen LogP contribution in [0.3, 0.4) is 0 Å². The number of halogens is 1. The molecular weight excluding hydrogens is 398 g/mol. The lowest BCUT2D eigenvalue weighted by Gasteiger charge is -2.20. The molecule has 0 bridgehead atoms. The molecule has 0 amide bonds. The summed E-state index contributed by atoms with van der Waals surface area (Å²) in [5, 5.41) is 20.8. The molecule has 0 spiro atoms. The first kappa shape index (κ1) is 17.2. The standard InChI is InChI=1S/C16H12BrNO7/c17-11-1-2-14(19)13(5-11)16(20)24-7-10-4-12(18(21)22)3-9-6-23-8-25-15(9)10/h1-5,19H,6-8H2. The number of phenolic OH excluding ortho intramolecular Hbond substituents is 1. The second kappa shape index (κ2) is 7.08. The predicted molar refractivity (Wildman–Crippen MR) is 88.3 cm³/mol. The van der Waals surface area contributed by atoms with E-state index in [-0.39, 0.29) is 37.0 Å². The van der Waals surface area contributed by atoms with Crippen LogP contribution in [0, 0.1) is 10.1 Å². The molecule has 1 aliphatic heterocycles. The number of carbonyl (C=O) groups excluding carboxylic acids is 1. The number of benzene rings is 2. The van der Waals surface area contributed by atoms with Crippen molar-refractivity contribution in [1.29, 1.82) is 0 Å². The SMILES string of the molecule is O=C(OCc1cc([N+](=O)[O-])cc2c1OCOC2)c1cc(Br)ccc1O. The van der Waals surface area contributed by atoms with E-state index in [0.29, 0.717) is 21.3 Å². The number of ether oxygens (including phenoxy) is 3. The van der Waals surface area contributed by atoms with E-state index < -0.39 is 10.9 Å². The summed E-state index contributed by atoms with van der Waals surface area (Å²) >= 11 is 3.21. The van der Waals surface area contributed by atoms with Crippen molar-refractivity contribution in [2.24, 2.45) is 0 Å². The Labute approximate surface area is 150 Å². The Morgan fingerprint density at radius 1 is 1.36 bits per heavy atom. The van der Waals surface area contributed by atoms with Gasteiger partial charge in [0, 0.05) is 27.7 Å². The highest BCUT2D eigenvalue weighted by molar-refractivity contribution is 9.10. The van der Waals surface area contributed by atoms with E-state index in [0.717, 1.165) is 0 Å². The number of non-ortho nitro benzene ring substituents is 1. The Kier molecular flexibility index (Phi) is 4.86. The molecule has 0 saturated heterocycles. The summed E-state index contributed by atoms with van der Waals surface area (Å²) in [6, 6.07) is 7.01. The van der Waals surface area contributed by atoms with Crippen molar-refractivity contribution in [3.05, 3.63) is 61.6 Å². The molecule has 2 aromatic rings. The molecular formula is C16H12BrNO7. The molecule has 9 heteroatoms. The number of fused-ring (bicyclic) bond motifs is 1. The highest BCUT2D eigenvalue weighted by Gasteiger charge is 2.22. The number of hydrogen-bond acceptors (Lipinski definition) is 7. The van der Waals surface area contributed by atoms with Gasteiger partial charge in [-0.2, -0.15) is 0 Å². The van der Waals surface area contributed by atoms with Crippen LogP contribution in [0.4, 0.5) is 5.69 Å². The zero-order valence-corrected chi connectivity index (χ0v) is 14.3. The lowest BCUT2D eigenvalue weighted by Crippen LogP contribution is -2.15. The van der Waals surface area contributed by atoms with E-state index in [4.69, 9.17) is 14.2 Å². The van der Waals surface area contributed by atoms with Gasteiger partial charge in [0.1, 0.15) is 23.7 Å². The average Bonchev–Trinajstić information content (AvgIpc) is 2.61. The summed E-state index contributed by atoms with van der Waals surface area (Å²) in [6.07, 6.45) is 0. The maximum atomic E-state index is 12.2. The topological polar surface area (TPSA) is 108 Å². The third-order valence-corrected chi connectivity index (χ3v) is 4.01. The zero-order valence-electron chi connectivity index (χ0n) is 12.7. The number of nitro groups is 1. The molecule has 1 aliphatic rings. The van der Waals surface area contributed by atoms with Gasteiger partial charge in [-0.05, 0) is 18.2 Å². The zero-order chi connectivity index (χ0) is 18.0. The fourth-order valence-electron chi connectivity index (χ4n) is 2.39. The van der Waals surface area contributed by atoms with Crippen molar-refractivity contribution in [3.63, 3.8) is 0 Å². The van der Waals surface area contributed by atoms with Gasteiger partial charge in [0.05, 0.1) is 11.5 Å². The minimum atomic E-state index is -0.758. The van der Waals surface area contributed by atoms with Crippen LogP contribution in [-0.4, -0.2) is 22.8 Å². The molecule has 2 aromatic carbocycles. The van der Waals surface area contributed by atoms with Crippen molar-refractivity contribution in [1.82, 2.24) is 0 Å². The molecule has 0 radical (unpaired) electrons. The quantitative estimate of drug-likeness (QED) is 0.468. The van der Waals surface area contributed by atoms with Crippen LogP contribution in [0.25, 0.3) is 0 Å². The molecule has 0 fully saturated rings. The second-order valence-electron chi connectivity index (χ2n) is 5.20. The van der Waals surface area contributed by atoms with Gasteiger partial charge in [-0.1, -0.05) is 15.9 Å². The normalized spacial score (nSPS) is 12.8. The molecule has 0 unspecified atom stereocenters. The predicted octanol–water partition coefficient (Wildman–Crippen LogP) is 3.29. The first-order valence-corrected chi connectivity index (χ1v) is 7.91. The van der Waals surface area contributed by atoms with E-state index in [2.05, 4.69) is 15.9 Å². The van der Waals surface area contributed by atoms with Crippen molar-refractivity contribution < 1.29 is 29.0 Å². The number of carbonyl (C=O) groups is 1. The van der Waals surface area contributed by atoms with Gasteiger partial charge in [-0.15, -0.1) is 0 Å². The van der Waals surface area contributed by atoms with Crippen molar-refractivity contribution >= 4 is 27.6 Å². The molecule has 130 valence electrons. The number of rotatable bonds is 4. The van der Waals surface area contributed by atoms with Crippen LogP contribution in [-0.2, 0) is 22.7 Å². The Hall–Kier alpha value is -2.65. The number of esters is 1. The van der Waals surface area contributed by atoms with Crippen LogP contribution in [0.2, 0.25) is 0 Å². The van der Waals surface area contributed by atoms with Crippen LogP contribution in [0.5, 0.6) is 11.5 Å². The molecule has 1 heterocycles. The number of hydrogen-bond donors (Lipinski definition) is 1. The van der Waals surface area contributed by atoms with Gasteiger partial charge in [0.25, 0.3) is 5.69 Å². The molecule has 1 N–H and O–H groups in total. The molecule has 0 atom stereocenters. The van der Waals surface area contributed by atoms with E-state index in [9.17, 15) is 20.0 Å². The first-order valence-electron chi connectivity index (χ1n) is 7.12. The first-order chi connectivity index (χ1) is 12.0. The third kappa shape index (κ3) is 3.72. The molecule has 0 saturated carbocycles. The third-order valence-electron chi connectivity index (χ3n) is 3.52. The second-order valence-corrected chi connectivity index (χ2v) is 6.11. The molecule has 25 heavy (non-hydrogen) atoms. The molecule has 8 nitrogen and oxygen atoms in total. The number of nitro benzene ring substituents is 1. The highest BCUT2D eigenvalue weighted by atomic mass is 79.9. The summed E-state index contributed by atoms with van der Waals surface area (Å²) in [5.41, 5.74) is 0.703. The lowest BCUT2D eigenvalue weighted by atomic mass is 10.1. The molecule has 0 aromatic heterocycles. The van der Waals surface area contributed by atoms with E-state index in [1.54, 1.807) is 6.07 Å². The molecule has 3 rings (SSSR count). The number of aromatic hydroxyl groups is 1. The maximum Gasteiger partial charge on any atom is 0.342 e. The van der Waals surface area contributed by atoms with Crippen LogP contribution in [0.15, 0.2) is 34.8 Å². The van der Waals surface area contributed by atoms with Gasteiger partial charge in [0.15, 0.2) is 6.79 Å².